The molecule has 0 radical (unpaired) electrons. The van der Waals surface area contributed by atoms with Crippen LogP contribution < -0.4 is 16.4 Å². The average Bonchev–Trinajstić information content (AvgIpc) is 3.40. The molecule has 0 aromatic carbocycles. The van der Waals surface area contributed by atoms with Gasteiger partial charge < -0.3 is 41.0 Å². The van der Waals surface area contributed by atoms with Gasteiger partial charge in [0, 0.05) is 18.4 Å². The van der Waals surface area contributed by atoms with Crippen molar-refractivity contribution in [2.75, 3.05) is 25.1 Å². The molecule has 1 aromatic heterocycles. The van der Waals surface area contributed by atoms with Crippen LogP contribution in [0.1, 0.15) is 40.0 Å². The van der Waals surface area contributed by atoms with E-state index in [1.165, 1.54) is 41.3 Å². The molecule has 0 aliphatic carbocycles. The Bertz CT molecular complexity index is 884. The zero-order chi connectivity index (χ0) is 27.6. The number of ether oxygens (including phenoxy) is 2. The maximum atomic E-state index is 11.5. The Labute approximate surface area is 237 Å². The molecule has 3 fully saturated rings. The number of thioether (sulfide) groups is 2. The van der Waals surface area contributed by atoms with E-state index in [-0.39, 0.29) is 17.4 Å². The summed E-state index contributed by atoms with van der Waals surface area (Å²) in [5, 5.41) is 58.2. The van der Waals surface area contributed by atoms with Gasteiger partial charge in [-0.2, -0.15) is 0 Å². The summed E-state index contributed by atoms with van der Waals surface area (Å²) >= 11 is 3.90. The first-order valence-electron chi connectivity index (χ1n) is 13.4. The monoisotopic (exact) mass is 593 g/mol. The Morgan fingerprint density at radius 1 is 1.18 bits per heavy atom. The minimum atomic E-state index is -1.39. The summed E-state index contributed by atoms with van der Waals surface area (Å²) in [7, 11) is 0. The van der Waals surface area contributed by atoms with E-state index in [1.807, 2.05) is 6.92 Å². The van der Waals surface area contributed by atoms with E-state index in [2.05, 4.69) is 34.7 Å². The van der Waals surface area contributed by atoms with Crippen molar-refractivity contribution in [2.24, 2.45) is 17.8 Å². The van der Waals surface area contributed by atoms with Crippen LogP contribution in [0.2, 0.25) is 0 Å². The fourth-order valence-electron chi connectivity index (χ4n) is 6.02. The molecule has 3 aliphatic heterocycles. The lowest BCUT2D eigenvalue weighted by Crippen LogP contribution is -2.66. The second kappa shape index (κ2) is 13.6. The van der Waals surface area contributed by atoms with E-state index in [0.29, 0.717) is 33.8 Å². The summed E-state index contributed by atoms with van der Waals surface area (Å²) in [5.41, 5.74) is 5.03. The Balaban J connectivity index is 1.51. The van der Waals surface area contributed by atoms with Gasteiger partial charge in [0.1, 0.15) is 36.1 Å². The molecule has 0 amide bonds. The number of nitrogens with one attached hydrogen (secondary N) is 2. The van der Waals surface area contributed by atoms with Gasteiger partial charge in [0.05, 0.1) is 18.2 Å². The molecule has 14 heteroatoms. The highest BCUT2D eigenvalue weighted by Gasteiger charge is 2.50. The molecule has 0 saturated carbocycles. The molecule has 218 valence electrons. The largest absolute Gasteiger partial charge is 0.388 e. The SMILES string of the molecule is CSC1O[C@H]([C@H](NC(O)[C@H]2NC[C@@H]3C[C@H](CC(C)C)CCO[C@H]32)[C@H](C)Sc2nnc(N)s2)C(O)C(O)[C@H]1O. The normalized spacial score (nSPS) is 38.5. The molecule has 0 spiro atoms. The van der Waals surface area contributed by atoms with E-state index >= 15 is 0 Å². The van der Waals surface area contributed by atoms with Crippen LogP contribution in [0.25, 0.3) is 0 Å². The van der Waals surface area contributed by atoms with Crippen LogP contribution in [-0.2, 0) is 9.47 Å². The van der Waals surface area contributed by atoms with Crippen molar-refractivity contribution in [1.29, 1.82) is 0 Å². The molecule has 4 heterocycles. The van der Waals surface area contributed by atoms with Gasteiger partial charge in [-0.1, -0.05) is 43.9 Å². The second-order valence-corrected chi connectivity index (χ2v) is 14.7. The predicted molar refractivity (Wildman–Crippen MR) is 150 cm³/mol. The van der Waals surface area contributed by atoms with Crippen molar-refractivity contribution >= 4 is 40.0 Å². The number of nitrogens with zero attached hydrogens (tertiary/aromatic N) is 2. The number of rotatable bonds is 10. The molecule has 3 saturated heterocycles. The van der Waals surface area contributed by atoms with Crippen molar-refractivity contribution in [3.05, 3.63) is 0 Å². The number of nitrogen functional groups attached to an aromatic ring is 1. The van der Waals surface area contributed by atoms with Crippen LogP contribution in [-0.4, -0.2) is 110 Å². The third kappa shape index (κ3) is 7.14. The molecule has 0 bridgehead atoms. The standard InChI is InChI=1S/C24H43N5O6S3/c1-10(2)7-12-5-6-34-19-13(8-12)9-26-15(19)21(33)27-14(11(3)37-24-29-28-23(25)38-24)20-17(31)16(30)18(32)22(35-20)36-4/h10-22,26-27,30-33H,5-9H2,1-4H3,(H2,25,28)/t11-,12-,13-,14+,15-,16?,17?,18+,19+,20+,21?,22?/m0/s1. The molecule has 12 atom stereocenters. The first kappa shape index (κ1) is 30.7. The van der Waals surface area contributed by atoms with E-state index < -0.39 is 42.1 Å². The zero-order valence-corrected chi connectivity index (χ0v) is 24.8. The van der Waals surface area contributed by atoms with Crippen LogP contribution in [0.3, 0.4) is 0 Å². The van der Waals surface area contributed by atoms with Gasteiger partial charge >= 0.3 is 0 Å². The highest BCUT2D eigenvalue weighted by atomic mass is 32.2. The lowest BCUT2D eigenvalue weighted by atomic mass is 9.85. The average molecular weight is 594 g/mol. The highest BCUT2D eigenvalue weighted by Crippen LogP contribution is 2.37. The summed E-state index contributed by atoms with van der Waals surface area (Å²) in [5.74, 6) is 1.56. The van der Waals surface area contributed by atoms with Gasteiger partial charge in [0.25, 0.3) is 0 Å². The third-order valence-electron chi connectivity index (χ3n) is 7.82. The number of hydrogen-bond acceptors (Lipinski definition) is 14. The van der Waals surface area contributed by atoms with E-state index in [0.717, 1.165) is 19.4 Å². The van der Waals surface area contributed by atoms with Crippen LogP contribution in [0.15, 0.2) is 4.34 Å². The van der Waals surface area contributed by atoms with Gasteiger partial charge in [0.15, 0.2) is 4.34 Å². The van der Waals surface area contributed by atoms with Gasteiger partial charge in [0.2, 0.25) is 5.13 Å². The Kier molecular flexibility index (Phi) is 11.0. The summed E-state index contributed by atoms with van der Waals surface area (Å²) in [6.45, 7) is 7.87. The fraction of sp³-hybridized carbons (Fsp3) is 0.917. The first-order valence-corrected chi connectivity index (χ1v) is 16.3. The number of fused-ring (bicyclic) bond motifs is 1. The number of aromatic nitrogens is 2. The molecule has 4 rings (SSSR count). The quantitative estimate of drug-likeness (QED) is 0.147. The highest BCUT2D eigenvalue weighted by molar-refractivity contribution is 8.01. The fourth-order valence-corrected chi connectivity index (χ4v) is 8.73. The number of aliphatic hydroxyl groups excluding tert-OH is 4. The van der Waals surface area contributed by atoms with Crippen LogP contribution in [0.5, 0.6) is 0 Å². The van der Waals surface area contributed by atoms with E-state index in [9.17, 15) is 20.4 Å². The number of nitrogens with two attached hydrogens (primary N) is 1. The third-order valence-corrected chi connectivity index (χ3v) is 10.7. The van der Waals surface area contributed by atoms with Crippen LogP contribution >= 0.6 is 34.9 Å². The maximum absolute atomic E-state index is 11.5. The van der Waals surface area contributed by atoms with Gasteiger partial charge in [-0.15, -0.1) is 22.0 Å². The lowest BCUT2D eigenvalue weighted by molar-refractivity contribution is -0.207. The zero-order valence-electron chi connectivity index (χ0n) is 22.3. The molecule has 4 unspecified atom stereocenters. The number of anilines is 1. The number of hydrogen-bond donors (Lipinski definition) is 7. The number of aliphatic hydroxyl groups is 4. The van der Waals surface area contributed by atoms with Crippen molar-refractivity contribution in [1.82, 2.24) is 20.8 Å². The van der Waals surface area contributed by atoms with Gasteiger partial charge in [-0.3, -0.25) is 5.32 Å². The van der Waals surface area contributed by atoms with Gasteiger partial charge in [-0.25, -0.2) is 0 Å². The lowest BCUT2D eigenvalue weighted by Gasteiger charge is -2.45. The second-order valence-electron chi connectivity index (χ2n) is 11.1. The minimum absolute atomic E-state index is 0.134. The maximum Gasteiger partial charge on any atom is 0.203 e. The molecule has 38 heavy (non-hydrogen) atoms. The Hall–Kier alpha value is -0.260. The minimum Gasteiger partial charge on any atom is -0.388 e. The smallest absolute Gasteiger partial charge is 0.203 e. The summed E-state index contributed by atoms with van der Waals surface area (Å²) in [4.78, 5) is 0. The Morgan fingerprint density at radius 2 is 1.95 bits per heavy atom. The van der Waals surface area contributed by atoms with Crippen molar-refractivity contribution < 1.29 is 29.9 Å². The molecular formula is C24H43N5O6S3. The van der Waals surface area contributed by atoms with E-state index in [4.69, 9.17) is 15.2 Å². The predicted octanol–water partition coefficient (Wildman–Crippen LogP) is 0.477. The van der Waals surface area contributed by atoms with Crippen molar-refractivity contribution in [3.63, 3.8) is 0 Å². The molecule has 1 aromatic rings. The summed E-state index contributed by atoms with van der Waals surface area (Å²) in [6, 6.07) is -0.963. The van der Waals surface area contributed by atoms with Gasteiger partial charge in [-0.05, 0) is 43.3 Å². The summed E-state index contributed by atoms with van der Waals surface area (Å²) in [6.07, 6.45) is -0.997. The van der Waals surface area contributed by atoms with Crippen LogP contribution in [0, 0.1) is 17.8 Å². The van der Waals surface area contributed by atoms with Crippen LogP contribution in [0.4, 0.5) is 5.13 Å². The topological polar surface area (TPSA) is 175 Å². The molecule has 8 N–H and O–H groups in total. The first-order chi connectivity index (χ1) is 18.1. The molecular weight excluding hydrogens is 550 g/mol. The van der Waals surface area contributed by atoms with E-state index in [1.54, 1.807) is 6.26 Å². The van der Waals surface area contributed by atoms with Crippen molar-refractivity contribution in [2.45, 2.75) is 104 Å². The van der Waals surface area contributed by atoms with Crippen molar-refractivity contribution in [3.8, 4) is 0 Å². The molecule has 11 nitrogen and oxygen atoms in total. The Morgan fingerprint density at radius 3 is 2.61 bits per heavy atom. The summed E-state index contributed by atoms with van der Waals surface area (Å²) < 4.78 is 13.0. The molecule has 3 aliphatic rings.